The molecule has 1 fully saturated rings. The molecular weight excluding hydrogens is 326 g/mol. The van der Waals surface area contributed by atoms with Gasteiger partial charge in [0.25, 0.3) is 0 Å². The highest BCUT2D eigenvalue weighted by molar-refractivity contribution is 5.75. The maximum atomic E-state index is 12.7. The molecule has 0 radical (unpaired) electrons. The number of amides is 1. The molecule has 4 nitrogen and oxygen atoms in total. The van der Waals surface area contributed by atoms with Gasteiger partial charge in [0.15, 0.2) is 0 Å². The number of carbonyl (C=O) groups is 1. The fourth-order valence-corrected chi connectivity index (χ4v) is 3.59. The number of fused-ring (bicyclic) bond motifs is 2. The SMILES string of the molecule is CC(C)(C)OC(=O)N1C2C=C(c3cccc(C(C)(C)C)c3)CC1COC2. The Morgan fingerprint density at radius 1 is 1.15 bits per heavy atom. The van der Waals surface area contributed by atoms with Crippen LogP contribution in [0.15, 0.2) is 30.3 Å². The van der Waals surface area contributed by atoms with E-state index in [0.717, 1.165) is 6.42 Å². The molecule has 3 rings (SSSR count). The lowest BCUT2D eigenvalue weighted by Gasteiger charge is -2.44. The van der Waals surface area contributed by atoms with E-state index in [-0.39, 0.29) is 23.6 Å². The van der Waals surface area contributed by atoms with E-state index in [1.807, 2.05) is 25.7 Å². The molecule has 2 aliphatic heterocycles. The zero-order chi connectivity index (χ0) is 19.1. The maximum Gasteiger partial charge on any atom is 0.411 e. The number of hydrogen-bond acceptors (Lipinski definition) is 3. The second-order valence-corrected chi connectivity index (χ2v) is 9.37. The highest BCUT2D eigenvalue weighted by Gasteiger charge is 2.40. The summed E-state index contributed by atoms with van der Waals surface area (Å²) >= 11 is 0. The van der Waals surface area contributed by atoms with Crippen molar-refractivity contribution in [2.24, 2.45) is 0 Å². The van der Waals surface area contributed by atoms with Crippen LogP contribution in [0, 0.1) is 0 Å². The number of morpholine rings is 1. The van der Waals surface area contributed by atoms with Crippen molar-refractivity contribution in [2.75, 3.05) is 13.2 Å². The predicted molar refractivity (Wildman–Crippen MR) is 104 cm³/mol. The highest BCUT2D eigenvalue weighted by Crippen LogP contribution is 2.35. The first-order chi connectivity index (χ1) is 12.0. The Morgan fingerprint density at radius 2 is 1.88 bits per heavy atom. The summed E-state index contributed by atoms with van der Waals surface area (Å²) in [5.41, 5.74) is 3.50. The van der Waals surface area contributed by atoms with E-state index in [2.05, 4.69) is 51.1 Å². The Kier molecular flexibility index (Phi) is 4.91. The highest BCUT2D eigenvalue weighted by atomic mass is 16.6. The summed E-state index contributed by atoms with van der Waals surface area (Å²) < 4.78 is 11.3. The molecule has 1 saturated heterocycles. The predicted octanol–water partition coefficient (Wildman–Crippen LogP) is 4.78. The third-order valence-electron chi connectivity index (χ3n) is 4.90. The van der Waals surface area contributed by atoms with Crippen molar-refractivity contribution < 1.29 is 14.3 Å². The second kappa shape index (κ2) is 6.73. The molecule has 1 aromatic carbocycles. The van der Waals surface area contributed by atoms with Crippen molar-refractivity contribution >= 4 is 11.7 Å². The van der Waals surface area contributed by atoms with E-state index >= 15 is 0 Å². The van der Waals surface area contributed by atoms with Crippen molar-refractivity contribution in [1.29, 1.82) is 0 Å². The summed E-state index contributed by atoms with van der Waals surface area (Å²) in [4.78, 5) is 14.5. The molecule has 0 aromatic heterocycles. The van der Waals surface area contributed by atoms with Gasteiger partial charge in [0.1, 0.15) is 5.60 Å². The number of rotatable bonds is 1. The van der Waals surface area contributed by atoms with Gasteiger partial charge in [0, 0.05) is 0 Å². The van der Waals surface area contributed by atoms with Gasteiger partial charge in [0.2, 0.25) is 0 Å². The zero-order valence-corrected chi connectivity index (χ0v) is 16.8. The Hall–Kier alpha value is -1.81. The summed E-state index contributed by atoms with van der Waals surface area (Å²) in [6.07, 6.45) is 2.74. The van der Waals surface area contributed by atoms with Gasteiger partial charge in [-0.25, -0.2) is 4.79 Å². The van der Waals surface area contributed by atoms with E-state index in [0.29, 0.717) is 13.2 Å². The van der Waals surface area contributed by atoms with Crippen LogP contribution in [-0.2, 0) is 14.9 Å². The molecule has 0 spiro atoms. The number of nitrogens with zero attached hydrogens (tertiary/aromatic N) is 1. The number of hydrogen-bond donors (Lipinski definition) is 0. The van der Waals surface area contributed by atoms with E-state index in [1.165, 1.54) is 16.7 Å². The molecule has 4 heteroatoms. The van der Waals surface area contributed by atoms with Crippen LogP contribution in [0.2, 0.25) is 0 Å². The second-order valence-electron chi connectivity index (χ2n) is 9.37. The lowest BCUT2D eigenvalue weighted by Crippen LogP contribution is -2.57. The first kappa shape index (κ1) is 19.0. The lowest BCUT2D eigenvalue weighted by atomic mass is 9.83. The first-order valence-electron chi connectivity index (χ1n) is 9.45. The Bertz CT molecular complexity index is 709. The summed E-state index contributed by atoms with van der Waals surface area (Å²) in [5, 5.41) is 0. The zero-order valence-electron chi connectivity index (χ0n) is 16.8. The molecule has 142 valence electrons. The van der Waals surface area contributed by atoms with Crippen LogP contribution in [0.4, 0.5) is 4.79 Å². The smallest absolute Gasteiger partial charge is 0.411 e. The Morgan fingerprint density at radius 3 is 2.50 bits per heavy atom. The minimum absolute atomic E-state index is 0.0295. The average Bonchev–Trinajstić information content (AvgIpc) is 2.51. The standard InChI is InChI=1S/C22H31NO3/c1-21(2,3)17-9-7-8-15(10-17)16-11-18-13-25-14-19(12-16)23(18)20(24)26-22(4,5)6/h7-11,18-19H,12-14H2,1-6H3. The van der Waals surface area contributed by atoms with Crippen molar-refractivity contribution in [3.8, 4) is 0 Å². The van der Waals surface area contributed by atoms with Crippen molar-refractivity contribution in [3.05, 3.63) is 41.5 Å². The molecule has 2 bridgehead atoms. The van der Waals surface area contributed by atoms with Crippen molar-refractivity contribution in [3.63, 3.8) is 0 Å². The number of ether oxygens (including phenoxy) is 2. The van der Waals surface area contributed by atoms with Crippen molar-refractivity contribution in [2.45, 2.75) is 71.1 Å². The number of carbonyl (C=O) groups excluding carboxylic acids is 1. The van der Waals surface area contributed by atoms with Crippen LogP contribution in [0.5, 0.6) is 0 Å². The molecule has 2 atom stereocenters. The molecule has 0 N–H and O–H groups in total. The maximum absolute atomic E-state index is 12.7. The minimum Gasteiger partial charge on any atom is -0.444 e. The monoisotopic (exact) mass is 357 g/mol. The van der Waals surface area contributed by atoms with Crippen LogP contribution in [0.1, 0.15) is 59.1 Å². The van der Waals surface area contributed by atoms with Crippen LogP contribution < -0.4 is 0 Å². The van der Waals surface area contributed by atoms with Gasteiger partial charge in [-0.1, -0.05) is 51.1 Å². The van der Waals surface area contributed by atoms with Gasteiger partial charge < -0.3 is 9.47 Å². The van der Waals surface area contributed by atoms with Gasteiger partial charge in [-0.15, -0.1) is 0 Å². The van der Waals surface area contributed by atoms with Crippen LogP contribution in [0.3, 0.4) is 0 Å². The molecule has 0 aliphatic carbocycles. The lowest BCUT2D eigenvalue weighted by molar-refractivity contribution is -0.0510. The fraction of sp³-hybridized carbons (Fsp3) is 0.591. The van der Waals surface area contributed by atoms with E-state index in [9.17, 15) is 4.79 Å². The molecule has 1 aromatic rings. The van der Waals surface area contributed by atoms with E-state index in [1.54, 1.807) is 0 Å². The summed E-state index contributed by atoms with van der Waals surface area (Å²) in [6.45, 7) is 13.5. The van der Waals surface area contributed by atoms with Gasteiger partial charge in [-0.2, -0.15) is 0 Å². The van der Waals surface area contributed by atoms with Crippen LogP contribution in [0.25, 0.3) is 5.57 Å². The first-order valence-corrected chi connectivity index (χ1v) is 9.45. The van der Waals surface area contributed by atoms with Gasteiger partial charge in [0.05, 0.1) is 25.3 Å². The molecular formula is C22H31NO3. The van der Waals surface area contributed by atoms with E-state index < -0.39 is 5.60 Å². The van der Waals surface area contributed by atoms with Crippen LogP contribution >= 0.6 is 0 Å². The van der Waals surface area contributed by atoms with Gasteiger partial charge in [-0.3, -0.25) is 4.90 Å². The fourth-order valence-electron chi connectivity index (χ4n) is 3.59. The molecule has 2 unspecified atom stereocenters. The van der Waals surface area contributed by atoms with Crippen molar-refractivity contribution in [1.82, 2.24) is 4.90 Å². The normalized spacial score (nSPS) is 23.5. The quantitative estimate of drug-likeness (QED) is 0.726. The average molecular weight is 357 g/mol. The summed E-state index contributed by atoms with van der Waals surface area (Å²) in [6, 6.07) is 8.73. The molecule has 2 heterocycles. The van der Waals surface area contributed by atoms with Gasteiger partial charge >= 0.3 is 6.09 Å². The minimum atomic E-state index is -0.489. The topological polar surface area (TPSA) is 38.8 Å². The summed E-state index contributed by atoms with van der Waals surface area (Å²) in [5.74, 6) is 0. The number of benzene rings is 1. The molecule has 0 saturated carbocycles. The van der Waals surface area contributed by atoms with Gasteiger partial charge in [-0.05, 0) is 49.3 Å². The molecule has 1 amide bonds. The summed E-state index contributed by atoms with van der Waals surface area (Å²) in [7, 11) is 0. The Balaban J connectivity index is 1.88. The van der Waals surface area contributed by atoms with Crippen LogP contribution in [-0.4, -0.2) is 41.9 Å². The molecule has 26 heavy (non-hydrogen) atoms. The molecule has 2 aliphatic rings. The largest absolute Gasteiger partial charge is 0.444 e. The van der Waals surface area contributed by atoms with E-state index in [4.69, 9.17) is 9.47 Å². The third kappa shape index (κ3) is 4.12. The third-order valence-corrected chi connectivity index (χ3v) is 4.90. The Labute approximate surface area is 157 Å².